The first-order chi connectivity index (χ1) is 30.6. The number of fused-ring (bicyclic) bond motifs is 6. The number of amides is 1. The van der Waals surface area contributed by atoms with E-state index in [2.05, 4.69) is 32.2 Å². The lowest BCUT2D eigenvalue weighted by Gasteiger charge is -2.63. The van der Waals surface area contributed by atoms with Gasteiger partial charge in [-0.1, -0.05) is 44.2 Å². The predicted molar refractivity (Wildman–Crippen MR) is 241 cm³/mol. The monoisotopic (exact) mass is 882 g/mol. The number of benzene rings is 2. The molecular formula is C49H66N6O9. The molecule has 0 radical (unpaired) electrons. The summed E-state index contributed by atoms with van der Waals surface area (Å²) >= 11 is 0. The van der Waals surface area contributed by atoms with Crippen molar-refractivity contribution in [2.45, 2.75) is 112 Å². The van der Waals surface area contributed by atoms with Gasteiger partial charge in [0.25, 0.3) is 5.91 Å². The van der Waals surface area contributed by atoms with Gasteiger partial charge in [-0.05, 0) is 87.6 Å². The molecule has 6 aliphatic rings. The lowest BCUT2D eigenvalue weighted by molar-refractivity contribution is -0.203. The highest BCUT2D eigenvalue weighted by Crippen LogP contribution is 2.67. The fourth-order valence-electron chi connectivity index (χ4n) is 13.8. The van der Waals surface area contributed by atoms with E-state index in [0.717, 1.165) is 33.4 Å². The largest absolute Gasteiger partial charge is 0.496 e. The zero-order valence-electron chi connectivity index (χ0n) is 38.1. The Morgan fingerprint density at radius 3 is 2.55 bits per heavy atom. The van der Waals surface area contributed by atoms with E-state index >= 15 is 4.79 Å². The first kappa shape index (κ1) is 44.7. The van der Waals surface area contributed by atoms with Crippen LogP contribution < -0.4 is 20.7 Å². The molecule has 346 valence electrons. The lowest BCUT2D eigenvalue weighted by atomic mass is 9.47. The number of aromatic amines is 1. The Morgan fingerprint density at radius 1 is 1.05 bits per heavy atom. The molecule has 1 amide bonds. The highest BCUT2D eigenvalue weighted by Gasteiger charge is 2.78. The quantitative estimate of drug-likeness (QED) is 0.0934. The molecule has 15 heteroatoms. The van der Waals surface area contributed by atoms with E-state index in [1.54, 1.807) is 14.0 Å². The summed E-state index contributed by atoms with van der Waals surface area (Å²) in [5.74, 6) is -1.37. The molecule has 6 heterocycles. The molecule has 3 fully saturated rings. The SMILES string of the molecule is CCC1(O)C[C@H]2C[N@](CCc3c([nH]c4ccccc34)[C@@](C(=O)OC)(c3cc4c(cc3OC)N(C)C3[C@]45CCN4CC=C[C@](CC)(C45)[C@@H](O)[C@]3(O)C(=O)NCCCOC(=O)C(C)N)C2)C1. The lowest BCUT2D eigenvalue weighted by Crippen LogP contribution is -2.81. The summed E-state index contributed by atoms with van der Waals surface area (Å²) in [6, 6.07) is 10.1. The molecule has 1 saturated carbocycles. The Balaban J connectivity index is 1.25. The first-order valence-electron chi connectivity index (χ1n) is 23.2. The van der Waals surface area contributed by atoms with Gasteiger partial charge in [-0.25, -0.2) is 0 Å². The number of para-hydroxylation sites is 1. The maximum atomic E-state index is 15.4. The minimum atomic E-state index is -2.33. The molecular weight excluding hydrogens is 817 g/mol. The van der Waals surface area contributed by atoms with E-state index in [4.69, 9.17) is 19.9 Å². The Bertz CT molecular complexity index is 2370. The molecule has 11 atom stereocenters. The van der Waals surface area contributed by atoms with Crippen LogP contribution in [0.2, 0.25) is 0 Å². The number of esters is 2. The average Bonchev–Trinajstić information content (AvgIpc) is 3.95. The second kappa shape index (κ2) is 16.1. The highest BCUT2D eigenvalue weighted by atomic mass is 16.5. The molecule has 2 saturated heterocycles. The van der Waals surface area contributed by atoms with Crippen LogP contribution in [-0.2, 0) is 41.1 Å². The second-order valence-corrected chi connectivity index (χ2v) is 19.7. The Labute approximate surface area is 375 Å². The molecule has 7 N–H and O–H groups in total. The Morgan fingerprint density at radius 2 is 1.83 bits per heavy atom. The van der Waals surface area contributed by atoms with Gasteiger partial charge < -0.3 is 50.5 Å². The van der Waals surface area contributed by atoms with E-state index in [1.807, 2.05) is 62.2 Å². The number of piperidine rings is 1. The standard InChI is InChI=1S/C49H66N6O9/c1-7-45(60)25-30-26-48(44(59)63-6,38-32(15-20-54(27-30)28-45)31-13-9-10-14-35(31)52-38)34-23-33-36(24-37(34)62-5)53(4)41-47(33)17-21-55-19-11-16-46(8-2,40(47)55)42(57)49(41,61)43(58)51-18-12-22-64-39(56)29(3)50/h9-11,13-14,16,23-24,29-30,40-42,52,57,60-61H,7-8,12,15,17-22,25-28,50H2,1-6H3,(H,51,58)/t29?,30-,40?,41?,42-,45?,46-,47-,48+,49+/m1/s1. The summed E-state index contributed by atoms with van der Waals surface area (Å²) in [5.41, 5.74) is 3.88. The smallest absolute Gasteiger partial charge is 0.322 e. The first-order valence-corrected chi connectivity index (χ1v) is 23.2. The van der Waals surface area contributed by atoms with Crippen molar-refractivity contribution in [3.8, 4) is 5.75 Å². The van der Waals surface area contributed by atoms with Gasteiger partial charge in [0.15, 0.2) is 5.60 Å². The van der Waals surface area contributed by atoms with Gasteiger partial charge >= 0.3 is 11.9 Å². The topological polar surface area (TPSA) is 203 Å². The second-order valence-electron chi connectivity index (χ2n) is 19.7. The number of hydrogen-bond acceptors (Lipinski definition) is 13. The molecule has 2 aromatic carbocycles. The predicted octanol–water partition coefficient (Wildman–Crippen LogP) is 2.64. The third-order valence-electron chi connectivity index (χ3n) is 16.4. The molecule has 9 rings (SSSR count). The van der Waals surface area contributed by atoms with E-state index in [9.17, 15) is 24.9 Å². The van der Waals surface area contributed by atoms with Crippen LogP contribution in [0.15, 0.2) is 48.6 Å². The number of methoxy groups -OCH3 is 2. The van der Waals surface area contributed by atoms with Crippen molar-refractivity contribution in [2.24, 2.45) is 17.1 Å². The van der Waals surface area contributed by atoms with Crippen LogP contribution in [0.25, 0.3) is 10.9 Å². The third kappa shape index (κ3) is 6.24. The summed E-state index contributed by atoms with van der Waals surface area (Å²) < 4.78 is 17.6. The van der Waals surface area contributed by atoms with Gasteiger partial charge in [0.05, 0.1) is 32.5 Å². The van der Waals surface area contributed by atoms with Crippen LogP contribution >= 0.6 is 0 Å². The minimum absolute atomic E-state index is 0.0260. The van der Waals surface area contributed by atoms with Gasteiger partial charge in [0.1, 0.15) is 23.3 Å². The molecule has 1 aromatic heterocycles. The fourth-order valence-corrected chi connectivity index (χ4v) is 13.8. The number of ether oxygens (including phenoxy) is 3. The van der Waals surface area contributed by atoms with Crippen LogP contribution in [0.1, 0.15) is 81.7 Å². The van der Waals surface area contributed by atoms with Crippen molar-refractivity contribution in [1.82, 2.24) is 20.1 Å². The van der Waals surface area contributed by atoms with E-state index < -0.39 is 63.5 Å². The fraction of sp³-hybridized carbons (Fsp3) is 0.612. The number of nitrogens with one attached hydrogen (secondary N) is 2. The number of anilines is 1. The van der Waals surface area contributed by atoms with Crippen LogP contribution in [0.5, 0.6) is 5.75 Å². The van der Waals surface area contributed by atoms with E-state index in [0.29, 0.717) is 82.6 Å². The van der Waals surface area contributed by atoms with E-state index in [-0.39, 0.29) is 31.5 Å². The van der Waals surface area contributed by atoms with Gasteiger partial charge in [-0.3, -0.25) is 24.2 Å². The summed E-state index contributed by atoms with van der Waals surface area (Å²) in [7, 11) is 4.89. The number of likely N-dealkylation sites (N-methyl/N-ethyl adjacent to an activating group) is 1. The number of nitrogens with two attached hydrogens (primary N) is 1. The molecule has 5 aliphatic heterocycles. The highest BCUT2D eigenvalue weighted by molar-refractivity contribution is 5.95. The number of rotatable bonds is 11. The van der Waals surface area contributed by atoms with Gasteiger partial charge in [-0.15, -0.1) is 0 Å². The number of carbonyl (C=O) groups is 3. The van der Waals surface area contributed by atoms with E-state index in [1.165, 1.54) is 7.11 Å². The maximum Gasteiger partial charge on any atom is 0.322 e. The van der Waals surface area contributed by atoms with Crippen molar-refractivity contribution in [3.05, 3.63) is 70.9 Å². The number of aliphatic hydroxyl groups excluding tert-OH is 1. The number of nitrogens with zero attached hydrogens (tertiary/aromatic N) is 3. The minimum Gasteiger partial charge on any atom is -0.496 e. The molecule has 15 nitrogen and oxygen atoms in total. The van der Waals surface area contributed by atoms with Gasteiger partial charge in [-0.2, -0.15) is 0 Å². The zero-order valence-corrected chi connectivity index (χ0v) is 38.1. The Hall–Kier alpha value is -4.51. The molecule has 1 aliphatic carbocycles. The summed E-state index contributed by atoms with van der Waals surface area (Å²) in [6.07, 6.45) is 5.87. The average molecular weight is 883 g/mol. The number of H-pyrrole nitrogens is 1. The van der Waals surface area contributed by atoms with Gasteiger partial charge in [0, 0.05) is 90.6 Å². The molecule has 64 heavy (non-hydrogen) atoms. The van der Waals surface area contributed by atoms with Crippen LogP contribution in [0.4, 0.5) is 5.69 Å². The van der Waals surface area contributed by atoms with Crippen molar-refractivity contribution < 1.29 is 43.9 Å². The Kier molecular flexibility index (Phi) is 11.3. The zero-order chi connectivity index (χ0) is 45.6. The number of hydrogen-bond donors (Lipinski definition) is 6. The summed E-state index contributed by atoms with van der Waals surface area (Å²) in [5, 5.41) is 42.1. The van der Waals surface area contributed by atoms with Gasteiger partial charge in [0.2, 0.25) is 0 Å². The molecule has 3 aromatic rings. The number of aromatic nitrogens is 1. The van der Waals surface area contributed by atoms with Crippen molar-refractivity contribution >= 4 is 34.4 Å². The van der Waals surface area contributed by atoms with Crippen LogP contribution in [0, 0.1) is 11.3 Å². The summed E-state index contributed by atoms with van der Waals surface area (Å²) in [6.45, 7) is 8.91. The van der Waals surface area contributed by atoms with Crippen LogP contribution in [-0.4, -0.2) is 151 Å². The molecule has 4 unspecified atom stereocenters. The number of aliphatic hydroxyl groups is 3. The van der Waals surface area contributed by atoms with Crippen LogP contribution in [0.3, 0.4) is 0 Å². The maximum absolute atomic E-state index is 15.4. The normalized spacial score (nSPS) is 35.5. The summed E-state index contributed by atoms with van der Waals surface area (Å²) in [4.78, 5) is 52.7. The molecule has 1 spiro atoms. The molecule has 2 bridgehead atoms. The van der Waals surface area contributed by atoms with Crippen molar-refractivity contribution in [2.75, 3.05) is 72.0 Å². The third-order valence-corrected chi connectivity index (χ3v) is 16.4. The van der Waals surface area contributed by atoms with Crippen molar-refractivity contribution in [3.63, 3.8) is 0 Å². The van der Waals surface area contributed by atoms with Crippen molar-refractivity contribution in [1.29, 1.82) is 0 Å². The number of carbonyl (C=O) groups excluding carboxylic acids is 3.